The second kappa shape index (κ2) is 9.32. The summed E-state index contributed by atoms with van der Waals surface area (Å²) >= 11 is 0. The predicted octanol–water partition coefficient (Wildman–Crippen LogP) is 3.79. The normalized spacial score (nSPS) is 10.1. The highest BCUT2D eigenvalue weighted by Gasteiger charge is 2.14. The molecule has 0 saturated carbocycles. The Labute approximate surface area is 168 Å². The number of ether oxygens (including phenoxy) is 1. The highest BCUT2D eigenvalue weighted by atomic mass is 16.5. The van der Waals surface area contributed by atoms with Crippen molar-refractivity contribution in [2.45, 2.75) is 13.5 Å². The molecule has 0 aliphatic rings. The molecular formula is C23H20N2O4. The van der Waals surface area contributed by atoms with Crippen molar-refractivity contribution in [1.82, 2.24) is 5.32 Å². The Bertz CT molecular complexity index is 1010. The van der Waals surface area contributed by atoms with Gasteiger partial charge in [0.15, 0.2) is 0 Å². The molecule has 0 fully saturated rings. The van der Waals surface area contributed by atoms with E-state index in [1.54, 1.807) is 36.4 Å². The molecule has 2 amide bonds. The van der Waals surface area contributed by atoms with E-state index in [4.69, 9.17) is 4.74 Å². The monoisotopic (exact) mass is 388 g/mol. The fraction of sp³-hybridized carbons (Fsp3) is 0.0870. The van der Waals surface area contributed by atoms with Crippen molar-refractivity contribution in [2.24, 2.45) is 0 Å². The van der Waals surface area contributed by atoms with E-state index in [9.17, 15) is 14.4 Å². The quantitative estimate of drug-likeness (QED) is 0.497. The molecule has 6 heteroatoms. The van der Waals surface area contributed by atoms with Gasteiger partial charge in [-0.3, -0.25) is 14.4 Å². The van der Waals surface area contributed by atoms with Gasteiger partial charge in [-0.2, -0.15) is 0 Å². The summed E-state index contributed by atoms with van der Waals surface area (Å²) < 4.78 is 4.96. The molecule has 0 aliphatic heterocycles. The maximum Gasteiger partial charge on any atom is 0.308 e. The van der Waals surface area contributed by atoms with Crippen molar-refractivity contribution < 1.29 is 19.1 Å². The van der Waals surface area contributed by atoms with Crippen LogP contribution in [0.15, 0.2) is 78.9 Å². The lowest BCUT2D eigenvalue weighted by atomic mass is 10.1. The van der Waals surface area contributed by atoms with E-state index < -0.39 is 5.97 Å². The Hall–Kier alpha value is -3.93. The van der Waals surface area contributed by atoms with Gasteiger partial charge in [0.25, 0.3) is 11.8 Å². The summed E-state index contributed by atoms with van der Waals surface area (Å²) in [4.78, 5) is 36.1. The third-order valence-electron chi connectivity index (χ3n) is 4.09. The van der Waals surface area contributed by atoms with Gasteiger partial charge >= 0.3 is 5.97 Å². The summed E-state index contributed by atoms with van der Waals surface area (Å²) in [6.07, 6.45) is 0. The molecule has 0 aliphatic carbocycles. The van der Waals surface area contributed by atoms with Crippen molar-refractivity contribution in [3.63, 3.8) is 0 Å². The zero-order valence-corrected chi connectivity index (χ0v) is 15.8. The van der Waals surface area contributed by atoms with Crippen LogP contribution >= 0.6 is 0 Å². The Balaban J connectivity index is 1.68. The number of anilines is 1. The molecule has 6 nitrogen and oxygen atoms in total. The van der Waals surface area contributed by atoms with Gasteiger partial charge in [0, 0.05) is 19.0 Å². The average Bonchev–Trinajstić information content (AvgIpc) is 2.73. The number of nitrogens with one attached hydrogen (secondary N) is 2. The number of para-hydroxylation sites is 1. The SMILES string of the molecule is CC(=O)Oc1ccc(C(=O)Nc2ccccc2C(=O)NCc2ccccc2)cc1. The second-order valence-electron chi connectivity index (χ2n) is 6.29. The first kappa shape index (κ1) is 19.8. The third-order valence-corrected chi connectivity index (χ3v) is 4.09. The van der Waals surface area contributed by atoms with Gasteiger partial charge in [0.05, 0.1) is 11.3 Å². The number of amides is 2. The highest BCUT2D eigenvalue weighted by molar-refractivity contribution is 6.09. The van der Waals surface area contributed by atoms with E-state index in [-0.39, 0.29) is 11.8 Å². The average molecular weight is 388 g/mol. The van der Waals surface area contributed by atoms with Gasteiger partial charge < -0.3 is 15.4 Å². The smallest absolute Gasteiger partial charge is 0.308 e. The Morgan fingerprint density at radius 1 is 0.793 bits per heavy atom. The van der Waals surface area contributed by atoms with Crippen LogP contribution in [-0.4, -0.2) is 17.8 Å². The molecule has 0 bridgehead atoms. The molecule has 3 aromatic rings. The molecule has 0 heterocycles. The number of carbonyl (C=O) groups excluding carboxylic acids is 3. The number of benzene rings is 3. The topological polar surface area (TPSA) is 84.5 Å². The molecule has 3 rings (SSSR count). The van der Waals surface area contributed by atoms with Crippen LogP contribution in [0.5, 0.6) is 5.75 Å². The van der Waals surface area contributed by atoms with Crippen LogP contribution in [0.2, 0.25) is 0 Å². The zero-order chi connectivity index (χ0) is 20.6. The molecule has 146 valence electrons. The molecule has 3 aromatic carbocycles. The van der Waals surface area contributed by atoms with Crippen LogP contribution < -0.4 is 15.4 Å². The Morgan fingerprint density at radius 3 is 2.14 bits per heavy atom. The van der Waals surface area contributed by atoms with E-state index in [0.29, 0.717) is 29.1 Å². The summed E-state index contributed by atoms with van der Waals surface area (Å²) in [5.74, 6) is -0.731. The minimum Gasteiger partial charge on any atom is -0.427 e. The minimum atomic E-state index is -0.433. The fourth-order valence-electron chi connectivity index (χ4n) is 2.70. The predicted molar refractivity (Wildman–Crippen MR) is 110 cm³/mol. The van der Waals surface area contributed by atoms with E-state index in [0.717, 1.165) is 5.56 Å². The molecule has 0 atom stereocenters. The number of hydrogen-bond donors (Lipinski definition) is 2. The van der Waals surface area contributed by atoms with Crippen LogP contribution in [0.3, 0.4) is 0 Å². The van der Waals surface area contributed by atoms with E-state index >= 15 is 0 Å². The summed E-state index contributed by atoms with van der Waals surface area (Å²) in [6, 6.07) is 22.5. The summed E-state index contributed by atoms with van der Waals surface area (Å²) in [6.45, 7) is 1.69. The molecule has 0 unspecified atom stereocenters. The summed E-state index contributed by atoms with van der Waals surface area (Å²) in [5.41, 5.74) is 2.14. The van der Waals surface area contributed by atoms with Gasteiger partial charge in [-0.15, -0.1) is 0 Å². The maximum atomic E-state index is 12.6. The van der Waals surface area contributed by atoms with Crippen LogP contribution in [0.25, 0.3) is 0 Å². The van der Waals surface area contributed by atoms with Gasteiger partial charge in [0.2, 0.25) is 0 Å². The molecule has 0 saturated heterocycles. The molecule has 2 N–H and O–H groups in total. The number of carbonyl (C=O) groups is 3. The van der Waals surface area contributed by atoms with Crippen molar-refractivity contribution in [2.75, 3.05) is 5.32 Å². The van der Waals surface area contributed by atoms with E-state index in [1.807, 2.05) is 30.3 Å². The standard InChI is InChI=1S/C23H20N2O4/c1-16(26)29-19-13-11-18(12-14-19)22(27)25-21-10-6-5-9-20(21)23(28)24-15-17-7-3-2-4-8-17/h2-14H,15H2,1H3,(H,24,28)(H,25,27). The third kappa shape index (κ3) is 5.52. The van der Waals surface area contributed by atoms with Crippen LogP contribution in [-0.2, 0) is 11.3 Å². The van der Waals surface area contributed by atoms with Gasteiger partial charge in [0.1, 0.15) is 5.75 Å². The second-order valence-corrected chi connectivity index (χ2v) is 6.29. The summed E-state index contributed by atoms with van der Waals surface area (Å²) in [7, 11) is 0. The van der Waals surface area contributed by atoms with E-state index in [2.05, 4.69) is 10.6 Å². The first-order valence-electron chi connectivity index (χ1n) is 9.04. The lowest BCUT2D eigenvalue weighted by molar-refractivity contribution is -0.131. The molecule has 0 aromatic heterocycles. The van der Waals surface area contributed by atoms with Crippen molar-refractivity contribution in [3.8, 4) is 5.75 Å². The highest BCUT2D eigenvalue weighted by Crippen LogP contribution is 2.18. The molecule has 29 heavy (non-hydrogen) atoms. The first-order chi connectivity index (χ1) is 14.0. The lowest BCUT2D eigenvalue weighted by Gasteiger charge is -2.12. The van der Waals surface area contributed by atoms with Crippen LogP contribution in [0.4, 0.5) is 5.69 Å². The van der Waals surface area contributed by atoms with Crippen molar-refractivity contribution in [3.05, 3.63) is 95.6 Å². The maximum absolute atomic E-state index is 12.6. The van der Waals surface area contributed by atoms with Gasteiger partial charge in [-0.25, -0.2) is 0 Å². The van der Waals surface area contributed by atoms with Crippen molar-refractivity contribution in [1.29, 1.82) is 0 Å². The Kier molecular flexibility index (Phi) is 6.37. The molecule has 0 radical (unpaired) electrons. The molecule has 0 spiro atoms. The largest absolute Gasteiger partial charge is 0.427 e. The summed E-state index contributed by atoms with van der Waals surface area (Å²) in [5, 5.41) is 5.61. The van der Waals surface area contributed by atoms with Crippen LogP contribution in [0, 0.1) is 0 Å². The minimum absolute atomic E-state index is 0.282. The fourth-order valence-corrected chi connectivity index (χ4v) is 2.70. The number of hydrogen-bond acceptors (Lipinski definition) is 4. The van der Waals surface area contributed by atoms with Gasteiger partial charge in [-0.05, 0) is 42.0 Å². The van der Waals surface area contributed by atoms with Crippen LogP contribution in [0.1, 0.15) is 33.2 Å². The Morgan fingerprint density at radius 2 is 1.45 bits per heavy atom. The number of rotatable bonds is 6. The zero-order valence-electron chi connectivity index (χ0n) is 15.8. The lowest BCUT2D eigenvalue weighted by Crippen LogP contribution is -2.24. The first-order valence-corrected chi connectivity index (χ1v) is 9.04. The van der Waals surface area contributed by atoms with E-state index in [1.165, 1.54) is 19.1 Å². The van der Waals surface area contributed by atoms with Gasteiger partial charge in [-0.1, -0.05) is 42.5 Å². The molecular weight excluding hydrogens is 368 g/mol. The van der Waals surface area contributed by atoms with Crippen molar-refractivity contribution >= 4 is 23.5 Å². The number of esters is 1.